The summed E-state index contributed by atoms with van der Waals surface area (Å²) in [5.74, 6) is 0. The number of hydrogen-bond acceptors (Lipinski definition) is 2. The van der Waals surface area contributed by atoms with Gasteiger partial charge in [0.15, 0.2) is 0 Å². The van der Waals surface area contributed by atoms with E-state index >= 15 is 0 Å². The Labute approximate surface area is 128 Å². The number of ether oxygens (including phenoxy) is 1. The highest BCUT2D eigenvalue weighted by Crippen LogP contribution is 2.31. The summed E-state index contributed by atoms with van der Waals surface area (Å²) in [6.07, 6.45) is 0. The van der Waals surface area contributed by atoms with E-state index in [1.54, 1.807) is 0 Å². The molecule has 3 rings (SSSR count). The van der Waals surface area contributed by atoms with Crippen molar-refractivity contribution in [2.75, 3.05) is 7.05 Å². The SMILES string of the molecule is CNC(c1ccc2c(c1)COC2)c1ccc(C)cc1Br. The van der Waals surface area contributed by atoms with E-state index in [4.69, 9.17) is 4.74 Å². The fraction of sp³-hybridized carbons (Fsp3) is 0.294. The number of hydrogen-bond donors (Lipinski definition) is 1. The van der Waals surface area contributed by atoms with E-state index in [9.17, 15) is 0 Å². The van der Waals surface area contributed by atoms with E-state index in [-0.39, 0.29) is 6.04 Å². The number of fused-ring (bicyclic) bond motifs is 1. The van der Waals surface area contributed by atoms with Gasteiger partial charge in [-0.15, -0.1) is 0 Å². The first kappa shape index (κ1) is 13.8. The second-order valence-corrected chi connectivity index (χ2v) is 6.12. The van der Waals surface area contributed by atoms with Crippen LogP contribution in [-0.4, -0.2) is 7.05 Å². The summed E-state index contributed by atoms with van der Waals surface area (Å²) in [4.78, 5) is 0. The molecule has 0 aliphatic carbocycles. The minimum absolute atomic E-state index is 0.191. The monoisotopic (exact) mass is 331 g/mol. The largest absolute Gasteiger partial charge is 0.372 e. The second kappa shape index (κ2) is 5.68. The molecule has 2 aromatic carbocycles. The lowest BCUT2D eigenvalue weighted by Crippen LogP contribution is -2.18. The molecule has 1 aliphatic heterocycles. The summed E-state index contributed by atoms with van der Waals surface area (Å²) in [5, 5.41) is 3.42. The van der Waals surface area contributed by atoms with Gasteiger partial charge >= 0.3 is 0 Å². The molecule has 1 N–H and O–H groups in total. The molecular formula is C17H18BrNO. The lowest BCUT2D eigenvalue weighted by Gasteiger charge is -2.20. The van der Waals surface area contributed by atoms with E-state index in [0.29, 0.717) is 0 Å². The van der Waals surface area contributed by atoms with Crippen molar-refractivity contribution < 1.29 is 4.74 Å². The van der Waals surface area contributed by atoms with Crippen LogP contribution in [0, 0.1) is 6.92 Å². The molecule has 0 fully saturated rings. The third-order valence-electron chi connectivity index (χ3n) is 3.83. The average Bonchev–Trinajstić information content (AvgIpc) is 2.89. The first-order chi connectivity index (χ1) is 9.69. The quantitative estimate of drug-likeness (QED) is 0.914. The van der Waals surface area contributed by atoms with Gasteiger partial charge in [0.2, 0.25) is 0 Å². The van der Waals surface area contributed by atoms with Crippen molar-refractivity contribution in [1.29, 1.82) is 0 Å². The van der Waals surface area contributed by atoms with Crippen molar-refractivity contribution in [2.45, 2.75) is 26.2 Å². The van der Waals surface area contributed by atoms with Crippen LogP contribution >= 0.6 is 15.9 Å². The third-order valence-corrected chi connectivity index (χ3v) is 4.52. The normalized spacial score (nSPS) is 15.2. The molecule has 0 amide bonds. The van der Waals surface area contributed by atoms with Gasteiger partial charge in [-0.25, -0.2) is 0 Å². The maximum atomic E-state index is 5.50. The van der Waals surface area contributed by atoms with Crippen LogP contribution < -0.4 is 5.32 Å². The predicted molar refractivity (Wildman–Crippen MR) is 84.7 cm³/mol. The van der Waals surface area contributed by atoms with E-state index < -0.39 is 0 Å². The summed E-state index contributed by atoms with van der Waals surface area (Å²) in [7, 11) is 2.00. The van der Waals surface area contributed by atoms with E-state index in [1.165, 1.54) is 27.8 Å². The predicted octanol–water partition coefficient (Wildman–Crippen LogP) is 4.10. The maximum absolute atomic E-state index is 5.50. The molecule has 104 valence electrons. The number of aryl methyl sites for hydroxylation is 1. The maximum Gasteiger partial charge on any atom is 0.0725 e. The smallest absolute Gasteiger partial charge is 0.0725 e. The fourth-order valence-corrected chi connectivity index (χ4v) is 3.46. The Hall–Kier alpha value is -1.16. The zero-order chi connectivity index (χ0) is 14.1. The second-order valence-electron chi connectivity index (χ2n) is 5.27. The molecule has 0 aromatic heterocycles. The van der Waals surface area contributed by atoms with Gasteiger partial charge in [-0.2, -0.15) is 0 Å². The Morgan fingerprint density at radius 3 is 2.65 bits per heavy atom. The van der Waals surface area contributed by atoms with Crippen molar-refractivity contribution in [2.24, 2.45) is 0 Å². The molecule has 0 spiro atoms. The van der Waals surface area contributed by atoms with Gasteiger partial charge in [0.1, 0.15) is 0 Å². The summed E-state index contributed by atoms with van der Waals surface area (Å²) in [5.41, 5.74) is 6.42. The number of rotatable bonds is 3. The zero-order valence-electron chi connectivity index (χ0n) is 11.7. The highest BCUT2D eigenvalue weighted by atomic mass is 79.9. The molecule has 1 aliphatic rings. The van der Waals surface area contributed by atoms with E-state index in [2.05, 4.69) is 64.6 Å². The molecule has 3 heteroatoms. The summed E-state index contributed by atoms with van der Waals surface area (Å²) < 4.78 is 6.65. The third kappa shape index (κ3) is 2.53. The van der Waals surface area contributed by atoms with Crippen molar-refractivity contribution >= 4 is 15.9 Å². The van der Waals surface area contributed by atoms with Crippen molar-refractivity contribution in [1.82, 2.24) is 5.32 Å². The first-order valence-electron chi connectivity index (χ1n) is 6.82. The van der Waals surface area contributed by atoms with Gasteiger partial charge in [0, 0.05) is 4.47 Å². The number of halogens is 1. The Balaban J connectivity index is 2.01. The molecule has 0 radical (unpaired) electrons. The van der Waals surface area contributed by atoms with Gasteiger partial charge in [-0.3, -0.25) is 0 Å². The topological polar surface area (TPSA) is 21.3 Å². The molecule has 0 saturated carbocycles. The van der Waals surface area contributed by atoms with Crippen LogP contribution in [0.4, 0.5) is 0 Å². The standard InChI is InChI=1S/C17H18BrNO/c1-11-3-6-15(16(18)7-11)17(19-2)12-4-5-13-9-20-10-14(13)8-12/h3-8,17,19H,9-10H2,1-2H3. The molecule has 1 heterocycles. The minimum atomic E-state index is 0.191. The highest BCUT2D eigenvalue weighted by molar-refractivity contribution is 9.10. The summed E-state index contributed by atoms with van der Waals surface area (Å²) in [6.45, 7) is 3.58. The van der Waals surface area contributed by atoms with Crippen molar-refractivity contribution in [3.63, 3.8) is 0 Å². The number of nitrogens with one attached hydrogen (secondary N) is 1. The Morgan fingerprint density at radius 1 is 1.10 bits per heavy atom. The Kier molecular flexibility index (Phi) is 3.92. The van der Waals surface area contributed by atoms with Gasteiger partial charge in [0.25, 0.3) is 0 Å². The average molecular weight is 332 g/mol. The van der Waals surface area contributed by atoms with E-state index in [0.717, 1.165) is 17.7 Å². The Morgan fingerprint density at radius 2 is 1.90 bits per heavy atom. The van der Waals surface area contributed by atoms with Gasteiger partial charge in [0.05, 0.1) is 19.3 Å². The van der Waals surface area contributed by atoms with Gasteiger partial charge in [-0.1, -0.05) is 46.3 Å². The van der Waals surface area contributed by atoms with Crippen molar-refractivity contribution in [3.8, 4) is 0 Å². The highest BCUT2D eigenvalue weighted by Gasteiger charge is 2.18. The van der Waals surface area contributed by atoms with Crippen LogP contribution in [0.5, 0.6) is 0 Å². The van der Waals surface area contributed by atoms with Crippen LogP contribution in [0.2, 0.25) is 0 Å². The first-order valence-corrected chi connectivity index (χ1v) is 7.61. The minimum Gasteiger partial charge on any atom is -0.372 e. The van der Waals surface area contributed by atoms with Crippen LogP contribution in [0.25, 0.3) is 0 Å². The molecular weight excluding hydrogens is 314 g/mol. The summed E-state index contributed by atoms with van der Waals surface area (Å²) >= 11 is 3.68. The summed E-state index contributed by atoms with van der Waals surface area (Å²) in [6, 6.07) is 13.3. The molecule has 2 aromatic rings. The molecule has 20 heavy (non-hydrogen) atoms. The van der Waals surface area contributed by atoms with Crippen LogP contribution in [0.1, 0.15) is 33.9 Å². The van der Waals surface area contributed by atoms with E-state index in [1.807, 2.05) is 7.05 Å². The van der Waals surface area contributed by atoms with Crippen LogP contribution in [-0.2, 0) is 18.0 Å². The molecule has 1 atom stereocenters. The molecule has 0 saturated heterocycles. The lowest BCUT2D eigenvalue weighted by atomic mass is 9.95. The molecule has 0 bridgehead atoms. The van der Waals surface area contributed by atoms with Gasteiger partial charge in [-0.05, 0) is 47.9 Å². The zero-order valence-corrected chi connectivity index (χ0v) is 13.3. The van der Waals surface area contributed by atoms with Crippen LogP contribution in [0.3, 0.4) is 0 Å². The molecule has 1 unspecified atom stereocenters. The molecule has 2 nitrogen and oxygen atoms in total. The van der Waals surface area contributed by atoms with Crippen LogP contribution in [0.15, 0.2) is 40.9 Å². The van der Waals surface area contributed by atoms with Crippen molar-refractivity contribution in [3.05, 3.63) is 68.7 Å². The number of benzene rings is 2. The van der Waals surface area contributed by atoms with Gasteiger partial charge < -0.3 is 10.1 Å². The Bertz CT molecular complexity index is 639. The lowest BCUT2D eigenvalue weighted by molar-refractivity contribution is 0.134. The fourth-order valence-electron chi connectivity index (χ4n) is 2.74.